The van der Waals surface area contributed by atoms with Gasteiger partial charge in [-0.05, 0) is 25.7 Å². The summed E-state index contributed by atoms with van der Waals surface area (Å²) in [5.74, 6) is 0.152. The maximum Gasteiger partial charge on any atom is 0.332 e. The molecule has 0 spiro atoms. The summed E-state index contributed by atoms with van der Waals surface area (Å²) in [4.78, 5) is 24.3. The quantitative estimate of drug-likeness (QED) is 0.698. The SMILES string of the molecule is CCCCn1c(N)c(NCC2(O)CCC2)c(=O)n(C)c1=O. The fraction of sp³-hybridized carbons (Fsp3) is 0.714. The number of hydrogen-bond acceptors (Lipinski definition) is 5. The van der Waals surface area contributed by atoms with Gasteiger partial charge in [-0.15, -0.1) is 0 Å². The van der Waals surface area contributed by atoms with Crippen LogP contribution >= 0.6 is 0 Å². The van der Waals surface area contributed by atoms with Crippen molar-refractivity contribution in [2.45, 2.75) is 51.2 Å². The van der Waals surface area contributed by atoms with E-state index in [-0.39, 0.29) is 18.1 Å². The van der Waals surface area contributed by atoms with E-state index in [4.69, 9.17) is 5.73 Å². The highest BCUT2D eigenvalue weighted by molar-refractivity contribution is 5.60. The van der Waals surface area contributed by atoms with E-state index >= 15 is 0 Å². The molecule has 7 nitrogen and oxygen atoms in total. The van der Waals surface area contributed by atoms with Crippen molar-refractivity contribution in [2.75, 3.05) is 17.6 Å². The maximum atomic E-state index is 12.2. The smallest absolute Gasteiger partial charge is 0.332 e. The molecule has 4 N–H and O–H groups in total. The van der Waals surface area contributed by atoms with Crippen LogP contribution in [-0.2, 0) is 13.6 Å². The maximum absolute atomic E-state index is 12.2. The van der Waals surface area contributed by atoms with Crippen LogP contribution in [0.2, 0.25) is 0 Å². The minimum atomic E-state index is -0.762. The molecule has 0 saturated heterocycles. The third-order valence-corrected chi connectivity index (χ3v) is 4.20. The Balaban J connectivity index is 2.33. The van der Waals surface area contributed by atoms with Gasteiger partial charge in [0.2, 0.25) is 0 Å². The van der Waals surface area contributed by atoms with Gasteiger partial charge >= 0.3 is 5.69 Å². The van der Waals surface area contributed by atoms with Crippen LogP contribution in [0.1, 0.15) is 39.0 Å². The Morgan fingerprint density at radius 1 is 1.38 bits per heavy atom. The van der Waals surface area contributed by atoms with Crippen molar-refractivity contribution >= 4 is 11.5 Å². The Labute approximate surface area is 123 Å². The average Bonchev–Trinajstić information content (AvgIpc) is 2.43. The molecule has 1 saturated carbocycles. The second-order valence-electron chi connectivity index (χ2n) is 5.84. The van der Waals surface area contributed by atoms with Crippen LogP contribution in [0.5, 0.6) is 0 Å². The number of hydrogen-bond donors (Lipinski definition) is 3. The Morgan fingerprint density at radius 3 is 2.57 bits per heavy atom. The summed E-state index contributed by atoms with van der Waals surface area (Å²) in [5.41, 5.74) is 4.57. The lowest BCUT2D eigenvalue weighted by molar-refractivity contribution is -0.0202. The lowest BCUT2D eigenvalue weighted by atomic mass is 9.80. The van der Waals surface area contributed by atoms with Crippen LogP contribution in [0.3, 0.4) is 0 Å². The molecule has 1 aliphatic rings. The number of rotatable bonds is 6. The van der Waals surface area contributed by atoms with Gasteiger partial charge in [0.05, 0.1) is 5.60 Å². The van der Waals surface area contributed by atoms with Crippen LogP contribution in [0, 0.1) is 0 Å². The molecule has 0 unspecified atom stereocenters. The summed E-state index contributed by atoms with van der Waals surface area (Å²) in [5, 5.41) is 13.0. The third-order valence-electron chi connectivity index (χ3n) is 4.20. The number of aliphatic hydroxyl groups is 1. The number of aromatic nitrogens is 2. The topological polar surface area (TPSA) is 102 Å². The number of nitrogens with zero attached hydrogens (tertiary/aromatic N) is 2. The number of unbranched alkanes of at least 4 members (excludes halogenated alkanes) is 1. The van der Waals surface area contributed by atoms with Gasteiger partial charge in [-0.3, -0.25) is 13.9 Å². The Bertz CT molecular complexity index is 628. The Morgan fingerprint density at radius 2 is 2.05 bits per heavy atom. The summed E-state index contributed by atoms with van der Waals surface area (Å²) in [6.07, 6.45) is 4.16. The van der Waals surface area contributed by atoms with Crippen LogP contribution in [0.15, 0.2) is 9.59 Å². The monoisotopic (exact) mass is 296 g/mol. The van der Waals surface area contributed by atoms with Gasteiger partial charge in [0.25, 0.3) is 5.56 Å². The van der Waals surface area contributed by atoms with Gasteiger partial charge in [-0.2, -0.15) is 0 Å². The summed E-state index contributed by atoms with van der Waals surface area (Å²) in [6.45, 7) is 2.78. The standard InChI is InChI=1S/C14H24N4O3/c1-3-4-8-18-11(15)10(12(19)17(2)13(18)20)16-9-14(21)6-5-7-14/h16,21H,3-9,15H2,1-2H3. The number of nitrogens with two attached hydrogens (primary N) is 1. The zero-order valence-electron chi connectivity index (χ0n) is 12.7. The van der Waals surface area contributed by atoms with Crippen LogP contribution in [-0.4, -0.2) is 26.4 Å². The predicted molar refractivity (Wildman–Crippen MR) is 82.6 cm³/mol. The van der Waals surface area contributed by atoms with Crippen LogP contribution in [0.25, 0.3) is 0 Å². The van der Waals surface area contributed by atoms with E-state index < -0.39 is 16.9 Å². The van der Waals surface area contributed by atoms with Gasteiger partial charge in [0.15, 0.2) is 0 Å². The highest BCUT2D eigenvalue weighted by atomic mass is 16.3. The van der Waals surface area contributed by atoms with Crippen molar-refractivity contribution in [1.82, 2.24) is 9.13 Å². The third kappa shape index (κ3) is 2.97. The van der Waals surface area contributed by atoms with E-state index in [2.05, 4.69) is 5.32 Å². The van der Waals surface area contributed by atoms with Crippen LogP contribution in [0.4, 0.5) is 11.5 Å². The molecule has 1 aromatic rings. The first-order valence-corrected chi connectivity index (χ1v) is 7.45. The molecule has 118 valence electrons. The molecule has 0 radical (unpaired) electrons. The predicted octanol–water partition coefficient (Wildman–Crippen LogP) is 0.256. The van der Waals surface area contributed by atoms with Crippen molar-refractivity contribution in [3.05, 3.63) is 20.8 Å². The molecule has 7 heteroatoms. The normalized spacial score (nSPS) is 16.5. The number of nitrogen functional groups attached to an aromatic ring is 1. The van der Waals surface area contributed by atoms with E-state index in [1.807, 2.05) is 6.92 Å². The first-order valence-electron chi connectivity index (χ1n) is 7.45. The molecule has 0 bridgehead atoms. The van der Waals surface area contributed by atoms with Crippen molar-refractivity contribution in [2.24, 2.45) is 7.05 Å². The highest BCUT2D eigenvalue weighted by Crippen LogP contribution is 2.31. The van der Waals surface area contributed by atoms with Crippen molar-refractivity contribution < 1.29 is 5.11 Å². The molecular formula is C14H24N4O3. The Kier molecular flexibility index (Phi) is 4.41. The summed E-state index contributed by atoms with van der Waals surface area (Å²) in [6, 6.07) is 0. The molecular weight excluding hydrogens is 272 g/mol. The molecule has 1 aliphatic carbocycles. The molecule has 2 rings (SSSR count). The van der Waals surface area contributed by atoms with Gasteiger partial charge in [0, 0.05) is 20.1 Å². The van der Waals surface area contributed by atoms with E-state index in [1.54, 1.807) is 0 Å². The van der Waals surface area contributed by atoms with E-state index in [1.165, 1.54) is 11.6 Å². The molecule has 0 atom stereocenters. The van der Waals surface area contributed by atoms with Gasteiger partial charge in [-0.25, -0.2) is 4.79 Å². The zero-order valence-corrected chi connectivity index (χ0v) is 12.7. The van der Waals surface area contributed by atoms with E-state index in [0.29, 0.717) is 6.54 Å². The minimum absolute atomic E-state index is 0.152. The molecule has 0 aliphatic heterocycles. The summed E-state index contributed by atoms with van der Waals surface area (Å²) in [7, 11) is 1.44. The van der Waals surface area contributed by atoms with Crippen molar-refractivity contribution in [3.63, 3.8) is 0 Å². The molecule has 1 fully saturated rings. The lowest BCUT2D eigenvalue weighted by Crippen LogP contribution is -2.46. The second kappa shape index (κ2) is 5.93. The van der Waals surface area contributed by atoms with E-state index in [0.717, 1.165) is 36.7 Å². The lowest BCUT2D eigenvalue weighted by Gasteiger charge is -2.36. The molecule has 21 heavy (non-hydrogen) atoms. The van der Waals surface area contributed by atoms with Gasteiger partial charge in [-0.1, -0.05) is 13.3 Å². The number of nitrogens with one attached hydrogen (secondary N) is 1. The Hall–Kier alpha value is -1.76. The molecule has 1 heterocycles. The minimum Gasteiger partial charge on any atom is -0.388 e. The fourth-order valence-electron chi connectivity index (χ4n) is 2.50. The van der Waals surface area contributed by atoms with Crippen LogP contribution < -0.4 is 22.3 Å². The van der Waals surface area contributed by atoms with Crippen molar-refractivity contribution in [1.29, 1.82) is 0 Å². The van der Waals surface area contributed by atoms with Gasteiger partial charge < -0.3 is 16.2 Å². The number of anilines is 2. The summed E-state index contributed by atoms with van der Waals surface area (Å²) >= 11 is 0. The van der Waals surface area contributed by atoms with Crippen molar-refractivity contribution in [3.8, 4) is 0 Å². The molecule has 0 amide bonds. The average molecular weight is 296 g/mol. The second-order valence-corrected chi connectivity index (χ2v) is 5.84. The first-order chi connectivity index (χ1) is 9.89. The van der Waals surface area contributed by atoms with E-state index in [9.17, 15) is 14.7 Å². The fourth-order valence-corrected chi connectivity index (χ4v) is 2.50. The first kappa shape index (κ1) is 15.6. The largest absolute Gasteiger partial charge is 0.388 e. The molecule has 0 aromatic carbocycles. The van der Waals surface area contributed by atoms with Gasteiger partial charge in [0.1, 0.15) is 11.5 Å². The zero-order chi connectivity index (χ0) is 15.6. The highest BCUT2D eigenvalue weighted by Gasteiger charge is 2.34. The summed E-state index contributed by atoms with van der Waals surface area (Å²) < 4.78 is 2.47. The molecule has 1 aromatic heterocycles.